The first-order chi connectivity index (χ1) is 18.4. The molecule has 0 N–H and O–H groups in total. The molecule has 0 radical (unpaired) electrons. The van der Waals surface area contributed by atoms with E-state index in [0.29, 0.717) is 24.3 Å². The van der Waals surface area contributed by atoms with E-state index < -0.39 is 5.79 Å². The van der Waals surface area contributed by atoms with Gasteiger partial charge in [-0.2, -0.15) is 0 Å². The first kappa shape index (κ1) is 32.2. The molecule has 0 bridgehead atoms. The Morgan fingerprint density at radius 3 is 1.00 bits per heavy atom. The first-order valence-corrected chi connectivity index (χ1v) is 17.5. The lowest BCUT2D eigenvalue weighted by atomic mass is 9.97. The summed E-state index contributed by atoms with van der Waals surface area (Å²) in [6, 6.07) is 23.1. The Morgan fingerprint density at radius 2 is 0.718 bits per heavy atom. The van der Waals surface area contributed by atoms with Crippen molar-refractivity contribution in [1.82, 2.24) is 0 Å². The van der Waals surface area contributed by atoms with Gasteiger partial charge in [0.15, 0.2) is 5.78 Å². The second-order valence-electron chi connectivity index (χ2n) is 8.28. The molecule has 4 aromatic rings. The van der Waals surface area contributed by atoms with Crippen LogP contribution in [0, 0.1) is 0 Å². The highest BCUT2D eigenvalue weighted by Crippen LogP contribution is 2.42. The molecule has 1 aliphatic rings. The van der Waals surface area contributed by atoms with Gasteiger partial charge in [0, 0.05) is 58.0 Å². The van der Waals surface area contributed by atoms with Crippen molar-refractivity contribution in [3.8, 4) is 0 Å². The molecule has 5 rings (SSSR count). The largest absolute Gasteiger partial charge is 0.340 e. The molecule has 0 spiro atoms. The highest BCUT2D eigenvalue weighted by atomic mass is 79.9. The Balaban J connectivity index is 0.000000183. The Hall–Kier alpha value is 0.310. The lowest BCUT2D eigenvalue weighted by Crippen LogP contribution is -2.28. The fourth-order valence-corrected chi connectivity index (χ4v) is 9.11. The number of ketones is 1. The van der Waals surface area contributed by atoms with E-state index in [1.807, 2.05) is 72.8 Å². The normalized spacial score (nSPS) is 14.1. The van der Waals surface area contributed by atoms with Crippen molar-refractivity contribution >= 4 is 133 Å². The van der Waals surface area contributed by atoms with Gasteiger partial charge in [0.2, 0.25) is 5.79 Å². The van der Waals surface area contributed by atoms with Gasteiger partial charge >= 0.3 is 0 Å². The van der Waals surface area contributed by atoms with Crippen LogP contribution in [0.5, 0.6) is 0 Å². The third-order valence-electron chi connectivity index (χ3n) is 5.43. The minimum Gasteiger partial charge on any atom is -0.340 e. The SMILES string of the molecule is Brc1cc(Br)cc(C2(c3cc(Br)cc(Br)c3)OCCO2)c1.O=C(c1cc(Br)cc(Br)c1)c1cc(Br)cc(Br)c1. The van der Waals surface area contributed by atoms with Crippen molar-refractivity contribution in [1.29, 1.82) is 0 Å². The van der Waals surface area contributed by atoms with Gasteiger partial charge in [-0.1, -0.05) is 127 Å². The highest BCUT2D eigenvalue weighted by molar-refractivity contribution is 9.12. The monoisotopic (exact) mass is 1030 g/mol. The molecule has 1 saturated heterocycles. The molecular formula is C28H16Br8O3. The van der Waals surface area contributed by atoms with Gasteiger partial charge in [-0.15, -0.1) is 0 Å². The number of carbonyl (C=O) groups excluding carboxylic acids is 1. The van der Waals surface area contributed by atoms with Gasteiger partial charge < -0.3 is 9.47 Å². The van der Waals surface area contributed by atoms with Crippen LogP contribution in [0.3, 0.4) is 0 Å². The maximum atomic E-state index is 12.4. The quantitative estimate of drug-likeness (QED) is 0.191. The van der Waals surface area contributed by atoms with Gasteiger partial charge in [-0.3, -0.25) is 4.79 Å². The van der Waals surface area contributed by atoms with Crippen molar-refractivity contribution in [2.45, 2.75) is 5.79 Å². The lowest BCUT2D eigenvalue weighted by molar-refractivity contribution is -0.130. The average molecular weight is 1040 g/mol. The van der Waals surface area contributed by atoms with Crippen LogP contribution in [0.25, 0.3) is 0 Å². The first-order valence-electron chi connectivity index (χ1n) is 11.1. The fourth-order valence-electron chi connectivity index (χ4n) is 3.94. The predicted molar refractivity (Wildman–Crippen MR) is 183 cm³/mol. The second kappa shape index (κ2) is 14.2. The summed E-state index contributed by atoms with van der Waals surface area (Å²) in [6.45, 7) is 1.13. The second-order valence-corrected chi connectivity index (χ2v) is 15.6. The Kier molecular flexibility index (Phi) is 11.7. The average Bonchev–Trinajstić information content (AvgIpc) is 3.33. The van der Waals surface area contributed by atoms with Crippen LogP contribution >= 0.6 is 127 Å². The zero-order chi connectivity index (χ0) is 28.3. The van der Waals surface area contributed by atoms with Crippen molar-refractivity contribution < 1.29 is 14.3 Å². The van der Waals surface area contributed by atoms with Crippen molar-refractivity contribution in [2.75, 3.05) is 13.2 Å². The third-order valence-corrected chi connectivity index (χ3v) is 9.09. The molecule has 0 aromatic heterocycles. The Labute approximate surface area is 293 Å². The van der Waals surface area contributed by atoms with Gasteiger partial charge in [0.05, 0.1) is 13.2 Å². The van der Waals surface area contributed by atoms with Crippen LogP contribution in [0.4, 0.5) is 0 Å². The van der Waals surface area contributed by atoms with Crippen molar-refractivity contribution in [3.63, 3.8) is 0 Å². The van der Waals surface area contributed by atoms with Gasteiger partial charge in [0.1, 0.15) is 0 Å². The minimum absolute atomic E-state index is 0.0148. The molecule has 0 saturated carbocycles. The Bertz CT molecular complexity index is 1350. The molecule has 1 fully saturated rings. The number of benzene rings is 4. The van der Waals surface area contributed by atoms with Crippen LogP contribution in [0.15, 0.2) is 109 Å². The summed E-state index contributed by atoms with van der Waals surface area (Å²) < 4.78 is 19.4. The maximum absolute atomic E-state index is 12.4. The van der Waals surface area contributed by atoms with Crippen LogP contribution in [0.2, 0.25) is 0 Å². The van der Waals surface area contributed by atoms with Crippen LogP contribution in [0.1, 0.15) is 27.0 Å². The molecule has 1 aliphatic heterocycles. The summed E-state index contributed by atoms with van der Waals surface area (Å²) in [4.78, 5) is 12.4. The van der Waals surface area contributed by atoms with Gasteiger partial charge in [-0.05, 0) is 72.8 Å². The molecule has 39 heavy (non-hydrogen) atoms. The maximum Gasteiger partial charge on any atom is 0.222 e. The molecule has 11 heteroatoms. The summed E-state index contributed by atoms with van der Waals surface area (Å²) >= 11 is 27.6. The Morgan fingerprint density at radius 1 is 0.462 bits per heavy atom. The number of carbonyl (C=O) groups is 1. The summed E-state index contributed by atoms with van der Waals surface area (Å²) in [7, 11) is 0. The summed E-state index contributed by atoms with van der Waals surface area (Å²) in [5.41, 5.74) is 3.18. The fraction of sp³-hybridized carbons (Fsp3) is 0.107. The third kappa shape index (κ3) is 8.45. The number of hydrogen-bond acceptors (Lipinski definition) is 3. The molecular weight excluding hydrogens is 1020 g/mol. The number of ether oxygens (including phenoxy) is 2. The topological polar surface area (TPSA) is 35.5 Å². The van der Waals surface area contributed by atoms with E-state index in [2.05, 4.69) is 127 Å². The zero-order valence-electron chi connectivity index (χ0n) is 19.6. The van der Waals surface area contributed by atoms with Crippen molar-refractivity contribution in [2.24, 2.45) is 0 Å². The van der Waals surface area contributed by atoms with E-state index in [1.165, 1.54) is 0 Å². The van der Waals surface area contributed by atoms with Gasteiger partial charge in [-0.25, -0.2) is 0 Å². The highest BCUT2D eigenvalue weighted by Gasteiger charge is 2.41. The lowest BCUT2D eigenvalue weighted by Gasteiger charge is -2.29. The van der Waals surface area contributed by atoms with Crippen LogP contribution in [-0.4, -0.2) is 19.0 Å². The van der Waals surface area contributed by atoms with E-state index in [0.717, 1.165) is 46.9 Å². The summed E-state index contributed by atoms with van der Waals surface area (Å²) in [5, 5.41) is 0. The van der Waals surface area contributed by atoms with Gasteiger partial charge in [0.25, 0.3) is 0 Å². The molecule has 4 aromatic carbocycles. The molecule has 0 unspecified atom stereocenters. The molecule has 0 amide bonds. The van der Waals surface area contributed by atoms with E-state index in [4.69, 9.17) is 9.47 Å². The van der Waals surface area contributed by atoms with E-state index in [9.17, 15) is 4.79 Å². The molecule has 1 heterocycles. The standard InChI is InChI=1S/C15H10Br4O2.C13H6Br4O/c16-11-3-9(4-12(17)7-11)15(20-1-2-21-15)10-5-13(18)8-14(19)6-10;14-9-1-7(2-10(15)5-9)13(18)8-3-11(16)6-12(17)4-8/h3-8H,1-2H2;1-6H. The summed E-state index contributed by atoms with van der Waals surface area (Å²) in [6.07, 6.45) is 0. The van der Waals surface area contributed by atoms with E-state index in [1.54, 1.807) is 0 Å². The molecule has 0 aliphatic carbocycles. The zero-order valence-corrected chi connectivity index (χ0v) is 32.3. The van der Waals surface area contributed by atoms with E-state index in [-0.39, 0.29) is 5.78 Å². The van der Waals surface area contributed by atoms with Crippen LogP contribution in [-0.2, 0) is 15.3 Å². The van der Waals surface area contributed by atoms with E-state index >= 15 is 0 Å². The number of hydrogen-bond donors (Lipinski definition) is 0. The molecule has 202 valence electrons. The van der Waals surface area contributed by atoms with Crippen LogP contribution < -0.4 is 0 Å². The minimum atomic E-state index is -0.876. The van der Waals surface area contributed by atoms with Crippen molar-refractivity contribution in [3.05, 3.63) is 131 Å². The predicted octanol–water partition coefficient (Wildman–Crippen LogP) is 12.0. The summed E-state index contributed by atoms with van der Waals surface area (Å²) in [5.74, 6) is -0.891. The number of rotatable bonds is 4. The number of halogens is 8. The smallest absolute Gasteiger partial charge is 0.222 e. The molecule has 0 atom stereocenters. The molecule has 3 nitrogen and oxygen atoms in total.